The Morgan fingerprint density at radius 3 is 2.69 bits per heavy atom. The van der Waals surface area contributed by atoms with E-state index in [9.17, 15) is 4.79 Å². The van der Waals surface area contributed by atoms with Crippen molar-refractivity contribution >= 4 is 51.1 Å². The van der Waals surface area contributed by atoms with Gasteiger partial charge in [-0.1, -0.05) is 34.7 Å². The normalized spacial score (nSPS) is 9.69. The second kappa shape index (κ2) is 5.79. The smallest absolute Gasteiger partial charge is 0.252 e. The van der Waals surface area contributed by atoms with Crippen LogP contribution in [0.1, 0.15) is 10.4 Å². The van der Waals surface area contributed by atoms with E-state index >= 15 is 0 Å². The maximum absolute atomic E-state index is 11.5. The van der Waals surface area contributed by atoms with Gasteiger partial charge in [-0.25, -0.2) is 0 Å². The van der Waals surface area contributed by atoms with Gasteiger partial charge in [-0.3, -0.25) is 4.79 Å². The fourth-order valence-corrected chi connectivity index (χ4v) is 1.80. The summed E-state index contributed by atoms with van der Waals surface area (Å²) in [5.74, 6) is 0.0154. The van der Waals surface area contributed by atoms with Gasteiger partial charge in [0.05, 0.1) is 5.56 Å². The lowest BCUT2D eigenvalue weighted by Crippen LogP contribution is -2.25. The molecule has 1 N–H and O–H groups in total. The van der Waals surface area contributed by atoms with E-state index in [1.165, 1.54) is 0 Å². The van der Waals surface area contributed by atoms with E-state index in [1.807, 2.05) is 24.3 Å². The molecule has 0 unspecified atom stereocenters. The highest BCUT2D eigenvalue weighted by Crippen LogP contribution is 2.10. The van der Waals surface area contributed by atoms with Gasteiger partial charge in [0.15, 0.2) is 0 Å². The molecule has 70 valence electrons. The number of hydrogen-bond donors (Lipinski definition) is 1. The van der Waals surface area contributed by atoms with E-state index in [1.54, 1.807) is 0 Å². The fourth-order valence-electron chi connectivity index (χ4n) is 0.901. The predicted molar refractivity (Wildman–Crippen MR) is 70.4 cm³/mol. The van der Waals surface area contributed by atoms with Crippen LogP contribution in [0.25, 0.3) is 0 Å². The van der Waals surface area contributed by atoms with Crippen LogP contribution in [0.15, 0.2) is 24.3 Å². The predicted octanol–water partition coefficient (Wildman–Crippen LogP) is 2.46. The number of halogens is 2. The number of benzene rings is 1. The molecule has 0 saturated carbocycles. The zero-order chi connectivity index (χ0) is 9.68. The maximum Gasteiger partial charge on any atom is 0.252 e. The molecule has 1 rings (SSSR count). The Morgan fingerprint density at radius 2 is 2.08 bits per heavy atom. The van der Waals surface area contributed by atoms with Crippen LogP contribution in [0.5, 0.6) is 0 Å². The molecule has 0 heterocycles. The first kappa shape index (κ1) is 11.2. The van der Waals surface area contributed by atoms with Crippen molar-refractivity contribution in [2.75, 3.05) is 11.0 Å². The molecule has 1 amide bonds. The van der Waals surface area contributed by atoms with E-state index in [0.717, 1.165) is 20.1 Å². The second-order valence-electron chi connectivity index (χ2n) is 2.42. The molecule has 2 nitrogen and oxygen atoms in total. The maximum atomic E-state index is 11.5. The Bertz CT molecular complexity index is 301. The van der Waals surface area contributed by atoms with Crippen LogP contribution in [0, 0.1) is 3.57 Å². The summed E-state index contributed by atoms with van der Waals surface area (Å²) in [6.45, 7) is 0.727. The van der Waals surface area contributed by atoms with Crippen molar-refractivity contribution in [2.24, 2.45) is 0 Å². The molecule has 0 aliphatic carbocycles. The average Bonchev–Trinajstić information content (AvgIpc) is 2.15. The van der Waals surface area contributed by atoms with Crippen molar-refractivity contribution in [1.29, 1.82) is 0 Å². The molecule has 0 fully saturated rings. The van der Waals surface area contributed by atoms with Crippen molar-refractivity contribution in [1.82, 2.24) is 5.32 Å². The number of nitrogens with one attached hydrogen (secondary N) is 1. The molecule has 0 aliphatic heterocycles. The molecule has 0 saturated heterocycles. The summed E-state index contributed by atoms with van der Waals surface area (Å²) >= 11 is 4.40. The van der Waals surface area contributed by atoms with E-state index in [4.69, 9.17) is 0 Å². The van der Waals surface area contributed by atoms with Gasteiger partial charge in [0.1, 0.15) is 0 Å². The van der Waals surface area contributed by atoms with Crippen LogP contribution < -0.4 is 5.32 Å². The van der Waals surface area contributed by atoms with E-state index < -0.39 is 0 Å². The third kappa shape index (κ3) is 3.41. The average molecular weight is 401 g/mol. The summed E-state index contributed by atoms with van der Waals surface area (Å²) in [5, 5.41) is 2.84. The van der Waals surface area contributed by atoms with Gasteiger partial charge in [-0.05, 0) is 34.7 Å². The van der Waals surface area contributed by atoms with Crippen molar-refractivity contribution in [3.8, 4) is 0 Å². The van der Waals surface area contributed by atoms with Crippen molar-refractivity contribution in [3.63, 3.8) is 0 Å². The number of carbonyl (C=O) groups excluding carboxylic acids is 1. The summed E-state index contributed by atoms with van der Waals surface area (Å²) in [4.78, 5) is 11.5. The van der Waals surface area contributed by atoms with Gasteiger partial charge in [-0.2, -0.15) is 0 Å². The minimum Gasteiger partial charge on any atom is -0.351 e. The number of carbonyl (C=O) groups is 1. The molecule has 0 aliphatic rings. The highest BCUT2D eigenvalue weighted by molar-refractivity contribution is 14.1. The Balaban J connectivity index is 2.71. The van der Waals surface area contributed by atoms with Gasteiger partial charge in [-0.15, -0.1) is 0 Å². The SMILES string of the molecule is O=C(NCCI)c1ccccc1I. The summed E-state index contributed by atoms with van der Waals surface area (Å²) in [6, 6.07) is 7.57. The third-order valence-electron chi connectivity index (χ3n) is 1.50. The van der Waals surface area contributed by atoms with Crippen molar-refractivity contribution < 1.29 is 4.79 Å². The lowest BCUT2D eigenvalue weighted by atomic mass is 10.2. The van der Waals surface area contributed by atoms with E-state index in [-0.39, 0.29) is 5.91 Å². The van der Waals surface area contributed by atoms with Crippen molar-refractivity contribution in [3.05, 3.63) is 33.4 Å². The second-order valence-corrected chi connectivity index (χ2v) is 4.67. The van der Waals surface area contributed by atoms with Gasteiger partial charge in [0.2, 0.25) is 0 Å². The molecule has 0 atom stereocenters. The Hall–Kier alpha value is 0.150. The molecule has 4 heteroatoms. The first-order valence-corrected chi connectivity index (χ1v) is 6.45. The Morgan fingerprint density at radius 1 is 1.38 bits per heavy atom. The minimum atomic E-state index is 0.0154. The summed E-state index contributed by atoms with van der Waals surface area (Å²) in [7, 11) is 0. The van der Waals surface area contributed by atoms with Crippen molar-refractivity contribution in [2.45, 2.75) is 0 Å². The molecule has 0 aromatic heterocycles. The molecular weight excluding hydrogens is 392 g/mol. The standard InChI is InChI=1S/C9H9I2NO/c10-5-6-12-9(13)7-3-1-2-4-8(7)11/h1-4H,5-6H2,(H,12,13). The first-order valence-electron chi connectivity index (χ1n) is 3.84. The fraction of sp³-hybridized carbons (Fsp3) is 0.222. The summed E-state index contributed by atoms with van der Waals surface area (Å²) in [6.07, 6.45) is 0. The number of amides is 1. The van der Waals surface area contributed by atoms with Crippen LogP contribution in [0.3, 0.4) is 0 Å². The van der Waals surface area contributed by atoms with Crippen LogP contribution >= 0.6 is 45.2 Å². The zero-order valence-electron chi connectivity index (χ0n) is 6.89. The quantitative estimate of drug-likeness (QED) is 0.613. The monoisotopic (exact) mass is 401 g/mol. The molecule has 0 bridgehead atoms. The van der Waals surface area contributed by atoms with Gasteiger partial charge in [0, 0.05) is 14.5 Å². The lowest BCUT2D eigenvalue weighted by molar-refractivity contribution is 0.0955. The molecule has 1 aromatic carbocycles. The zero-order valence-corrected chi connectivity index (χ0v) is 11.2. The van der Waals surface area contributed by atoms with Gasteiger partial charge >= 0.3 is 0 Å². The summed E-state index contributed by atoms with van der Waals surface area (Å²) in [5.41, 5.74) is 0.757. The Labute approximate surface area is 105 Å². The minimum absolute atomic E-state index is 0.0154. The third-order valence-corrected chi connectivity index (χ3v) is 2.98. The molecule has 13 heavy (non-hydrogen) atoms. The number of hydrogen-bond acceptors (Lipinski definition) is 1. The van der Waals surface area contributed by atoms with Crippen LogP contribution in [-0.4, -0.2) is 16.9 Å². The molecule has 0 spiro atoms. The van der Waals surface area contributed by atoms with Crippen LogP contribution in [0.4, 0.5) is 0 Å². The number of rotatable bonds is 3. The summed E-state index contributed by atoms with van der Waals surface area (Å²) < 4.78 is 1.93. The molecular formula is C9H9I2NO. The Kier molecular flexibility index (Phi) is 5.00. The van der Waals surface area contributed by atoms with E-state index in [0.29, 0.717) is 0 Å². The highest BCUT2D eigenvalue weighted by Gasteiger charge is 2.06. The van der Waals surface area contributed by atoms with E-state index in [2.05, 4.69) is 50.5 Å². The molecule has 0 radical (unpaired) electrons. The highest BCUT2D eigenvalue weighted by atomic mass is 127. The molecule has 1 aromatic rings. The first-order chi connectivity index (χ1) is 6.25. The van der Waals surface area contributed by atoms with Gasteiger partial charge < -0.3 is 5.32 Å². The lowest BCUT2D eigenvalue weighted by Gasteiger charge is -2.04. The largest absolute Gasteiger partial charge is 0.351 e. The number of alkyl halides is 1. The van der Waals surface area contributed by atoms with Crippen LogP contribution in [-0.2, 0) is 0 Å². The van der Waals surface area contributed by atoms with Gasteiger partial charge in [0.25, 0.3) is 5.91 Å². The topological polar surface area (TPSA) is 29.1 Å². The van der Waals surface area contributed by atoms with Crippen LogP contribution in [0.2, 0.25) is 0 Å².